The van der Waals surface area contributed by atoms with Crippen molar-refractivity contribution in [2.45, 2.75) is 0 Å². The maximum absolute atomic E-state index is 14.0. The van der Waals surface area contributed by atoms with Crippen molar-refractivity contribution in [2.24, 2.45) is 10.2 Å². The number of hydrazine groups is 2. The number of nitrogens with zero attached hydrogens (tertiary/aromatic N) is 4. The Bertz CT molecular complexity index is 689. The van der Waals surface area contributed by atoms with E-state index in [2.05, 4.69) is 21.1 Å². The fraction of sp³-hybridized carbons (Fsp3) is 0.400. The normalized spacial score (nSPS) is 18.4. The monoisotopic (exact) mass is 352 g/mol. The average molecular weight is 352 g/mol. The molecular formula is C10H14F2N6O4S. The van der Waals surface area contributed by atoms with E-state index in [4.69, 9.17) is 9.66 Å². The molecule has 0 saturated heterocycles. The van der Waals surface area contributed by atoms with E-state index < -0.39 is 27.8 Å². The number of aliphatic hydroxyl groups is 1. The second-order valence-electron chi connectivity index (χ2n) is 4.43. The van der Waals surface area contributed by atoms with Gasteiger partial charge < -0.3 is 5.11 Å². The molecule has 0 aromatic carbocycles. The first-order chi connectivity index (χ1) is 10.8. The molecule has 0 atom stereocenters. The molecule has 23 heavy (non-hydrogen) atoms. The summed E-state index contributed by atoms with van der Waals surface area (Å²) in [6.45, 7) is -0.617. The highest BCUT2D eigenvalue weighted by Crippen LogP contribution is 2.17. The van der Waals surface area contributed by atoms with Crippen LogP contribution in [-0.2, 0) is 10.1 Å². The molecule has 0 unspecified atom stereocenters. The van der Waals surface area contributed by atoms with Crippen molar-refractivity contribution in [2.75, 3.05) is 25.4 Å². The van der Waals surface area contributed by atoms with E-state index >= 15 is 0 Å². The van der Waals surface area contributed by atoms with Gasteiger partial charge in [-0.1, -0.05) is 0 Å². The molecule has 2 rings (SSSR count). The molecule has 0 radical (unpaired) electrons. The van der Waals surface area contributed by atoms with Crippen LogP contribution < -0.4 is 10.9 Å². The van der Waals surface area contributed by atoms with E-state index in [1.807, 2.05) is 0 Å². The maximum atomic E-state index is 14.0. The van der Waals surface area contributed by atoms with Gasteiger partial charge in [-0.25, -0.2) is 10.2 Å². The number of allylic oxidation sites excluding steroid dienone is 2. The number of hydrogen-bond donors (Lipinski definition) is 4. The van der Waals surface area contributed by atoms with E-state index in [0.29, 0.717) is 0 Å². The number of nitrogens with one attached hydrogen (secondary N) is 2. The van der Waals surface area contributed by atoms with E-state index in [-0.39, 0.29) is 31.0 Å². The third kappa shape index (κ3) is 4.87. The highest BCUT2D eigenvalue weighted by molar-refractivity contribution is 7.85. The number of hydrogen-bond acceptors (Lipinski definition) is 9. The van der Waals surface area contributed by atoms with E-state index in [9.17, 15) is 17.2 Å². The summed E-state index contributed by atoms with van der Waals surface area (Å²) < 4.78 is 57.4. The first-order valence-corrected chi connectivity index (χ1v) is 7.94. The van der Waals surface area contributed by atoms with Gasteiger partial charge in [0.15, 0.2) is 0 Å². The molecule has 2 aliphatic heterocycles. The van der Waals surface area contributed by atoms with Gasteiger partial charge in [-0.3, -0.25) is 15.4 Å². The maximum Gasteiger partial charge on any atom is 0.266 e. The number of halogens is 2. The van der Waals surface area contributed by atoms with Crippen molar-refractivity contribution in [3.63, 3.8) is 0 Å². The van der Waals surface area contributed by atoms with Crippen LogP contribution >= 0.6 is 0 Å². The van der Waals surface area contributed by atoms with Crippen LogP contribution in [0.4, 0.5) is 8.78 Å². The molecule has 2 heterocycles. The Balaban J connectivity index is 2.07. The first-order valence-electron chi connectivity index (χ1n) is 6.33. The number of aliphatic hydroxyl groups excluding tert-OH is 1. The predicted molar refractivity (Wildman–Crippen MR) is 76.4 cm³/mol. The van der Waals surface area contributed by atoms with E-state index in [1.54, 1.807) is 0 Å². The van der Waals surface area contributed by atoms with Gasteiger partial charge in [0.05, 0.1) is 36.7 Å². The summed E-state index contributed by atoms with van der Waals surface area (Å²) in [6, 6.07) is 0. The SMILES string of the molecule is O=S(=O)(O)CCN1N=C(F)C(C2=CC(F)=NN(CCO)N2)=CN1. The zero-order chi connectivity index (χ0) is 17.0. The van der Waals surface area contributed by atoms with Crippen molar-refractivity contribution in [1.29, 1.82) is 0 Å². The Morgan fingerprint density at radius 1 is 1.22 bits per heavy atom. The topological polar surface area (TPSA) is 130 Å². The van der Waals surface area contributed by atoms with Crippen LogP contribution in [0.2, 0.25) is 0 Å². The highest BCUT2D eigenvalue weighted by Gasteiger charge is 2.23. The van der Waals surface area contributed by atoms with Gasteiger partial charge >= 0.3 is 0 Å². The lowest BCUT2D eigenvalue weighted by molar-refractivity contribution is 0.160. The predicted octanol–water partition coefficient (Wildman–Crippen LogP) is -1.16. The highest BCUT2D eigenvalue weighted by atomic mass is 32.2. The summed E-state index contributed by atoms with van der Waals surface area (Å²) in [6.07, 6.45) is 2.07. The lowest BCUT2D eigenvalue weighted by Gasteiger charge is -2.28. The summed E-state index contributed by atoms with van der Waals surface area (Å²) in [5, 5.41) is 17.6. The lowest BCUT2D eigenvalue weighted by Crippen LogP contribution is -2.42. The molecule has 0 saturated carbocycles. The van der Waals surface area contributed by atoms with Crippen LogP contribution in [-0.4, -0.2) is 65.7 Å². The van der Waals surface area contributed by atoms with Gasteiger partial charge in [-0.2, -0.15) is 17.2 Å². The van der Waals surface area contributed by atoms with Gasteiger partial charge in [0, 0.05) is 12.3 Å². The van der Waals surface area contributed by atoms with Crippen LogP contribution in [0.1, 0.15) is 0 Å². The van der Waals surface area contributed by atoms with Crippen LogP contribution in [0.5, 0.6) is 0 Å². The van der Waals surface area contributed by atoms with Gasteiger partial charge in [0.1, 0.15) is 0 Å². The quantitative estimate of drug-likeness (QED) is 0.441. The molecule has 13 heteroatoms. The second kappa shape index (κ2) is 6.89. The number of rotatable bonds is 6. The fourth-order valence-electron chi connectivity index (χ4n) is 1.69. The molecule has 0 aromatic heterocycles. The first kappa shape index (κ1) is 17.1. The van der Waals surface area contributed by atoms with Crippen molar-refractivity contribution >= 4 is 22.0 Å². The fourth-order valence-corrected chi connectivity index (χ4v) is 2.09. The molecule has 0 spiro atoms. The van der Waals surface area contributed by atoms with Crippen LogP contribution in [0, 0.1) is 0 Å². The molecular weight excluding hydrogens is 338 g/mol. The molecule has 10 nitrogen and oxygen atoms in total. The van der Waals surface area contributed by atoms with Crippen LogP contribution in [0.15, 0.2) is 33.7 Å². The summed E-state index contributed by atoms with van der Waals surface area (Å²) in [4.78, 5) is 0. The number of hydrazone groups is 2. The van der Waals surface area contributed by atoms with Crippen molar-refractivity contribution < 1.29 is 26.9 Å². The zero-order valence-corrected chi connectivity index (χ0v) is 12.5. The summed E-state index contributed by atoms with van der Waals surface area (Å²) in [5.74, 6) is -2.54. The Morgan fingerprint density at radius 2 is 1.96 bits per heavy atom. The standard InChI is InChI=1S/C10H14F2N6O4S/c11-9-5-8(14-18(15-9)1-3-19)7-6-13-17(16-10(7)12)2-4-23(20,21)22/h5-6,13-14,19H,1-4H2,(H,20,21,22). The van der Waals surface area contributed by atoms with Crippen molar-refractivity contribution in [3.05, 3.63) is 23.5 Å². The van der Waals surface area contributed by atoms with E-state index in [0.717, 1.165) is 22.5 Å². The van der Waals surface area contributed by atoms with Gasteiger partial charge in [0.25, 0.3) is 10.1 Å². The molecule has 0 bridgehead atoms. The molecule has 4 N–H and O–H groups in total. The molecule has 0 aliphatic carbocycles. The average Bonchev–Trinajstić information content (AvgIpc) is 2.44. The molecule has 0 amide bonds. The summed E-state index contributed by atoms with van der Waals surface area (Å²) >= 11 is 0. The Hall–Kier alpha value is -2.25. The second-order valence-corrected chi connectivity index (χ2v) is 6.00. The minimum atomic E-state index is -4.21. The third-order valence-corrected chi connectivity index (χ3v) is 3.38. The Labute approximate surface area is 130 Å². The Kier molecular flexibility index (Phi) is 5.12. The number of β-amino-alcohol motifs (C(OH)–C–C–N with tert-alkyl or cyclic N) is 1. The molecule has 2 aliphatic rings. The molecule has 0 aromatic rings. The van der Waals surface area contributed by atoms with Gasteiger partial charge in [0.2, 0.25) is 11.9 Å². The largest absolute Gasteiger partial charge is 0.394 e. The van der Waals surface area contributed by atoms with Gasteiger partial charge in [-0.05, 0) is 0 Å². The van der Waals surface area contributed by atoms with Gasteiger partial charge in [-0.15, -0.1) is 10.2 Å². The molecule has 0 fully saturated rings. The minimum Gasteiger partial charge on any atom is -0.394 e. The zero-order valence-electron chi connectivity index (χ0n) is 11.6. The van der Waals surface area contributed by atoms with Crippen molar-refractivity contribution in [3.8, 4) is 0 Å². The van der Waals surface area contributed by atoms with Crippen molar-refractivity contribution in [1.82, 2.24) is 21.1 Å². The van der Waals surface area contributed by atoms with E-state index in [1.165, 1.54) is 0 Å². The lowest BCUT2D eigenvalue weighted by atomic mass is 10.2. The molecule has 128 valence electrons. The summed E-state index contributed by atoms with van der Waals surface area (Å²) in [5.41, 5.74) is 4.95. The van der Waals surface area contributed by atoms with Crippen LogP contribution in [0.3, 0.4) is 0 Å². The smallest absolute Gasteiger partial charge is 0.266 e. The summed E-state index contributed by atoms with van der Waals surface area (Å²) in [7, 11) is -4.21. The minimum absolute atomic E-state index is 0.00845. The Morgan fingerprint density at radius 3 is 2.57 bits per heavy atom. The third-order valence-electron chi connectivity index (χ3n) is 2.68. The van der Waals surface area contributed by atoms with Crippen LogP contribution in [0.25, 0.3) is 0 Å².